The highest BCUT2D eigenvalue weighted by molar-refractivity contribution is 6.28. The van der Waals surface area contributed by atoms with E-state index in [1.165, 1.54) is 27.5 Å². The fourth-order valence-electron chi connectivity index (χ4n) is 9.13. The van der Waals surface area contributed by atoms with Crippen LogP contribution >= 0.6 is 0 Å². The van der Waals surface area contributed by atoms with E-state index in [1.54, 1.807) is 0 Å². The van der Waals surface area contributed by atoms with Gasteiger partial charge in [-0.3, -0.25) is 4.57 Å². The van der Waals surface area contributed by atoms with Crippen molar-refractivity contribution in [2.45, 2.75) is 0 Å². The minimum Gasteiger partial charge on any atom is -0.307 e. The number of hydrogen-bond acceptors (Lipinski definition) is 3. The van der Waals surface area contributed by atoms with Crippen molar-refractivity contribution in [3.63, 3.8) is 0 Å². The van der Waals surface area contributed by atoms with E-state index in [2.05, 4.69) is 215 Å². The van der Waals surface area contributed by atoms with Gasteiger partial charge in [0.2, 0.25) is 5.95 Å². The van der Waals surface area contributed by atoms with E-state index < -0.39 is 0 Å². The van der Waals surface area contributed by atoms with Crippen LogP contribution in [-0.2, 0) is 0 Å². The molecule has 290 valence electrons. The van der Waals surface area contributed by atoms with Crippen molar-refractivity contribution in [2.75, 3.05) is 0 Å². The smallest absolute Gasteiger partial charge is 0.238 e. The Labute approximate surface area is 358 Å². The molecule has 12 rings (SSSR count). The maximum absolute atomic E-state index is 5.40. The van der Waals surface area contributed by atoms with Crippen LogP contribution in [0.25, 0.3) is 111 Å². The molecule has 9 aromatic carbocycles. The van der Waals surface area contributed by atoms with Gasteiger partial charge in [-0.25, -0.2) is 4.98 Å². The van der Waals surface area contributed by atoms with Gasteiger partial charge in [-0.15, -0.1) is 0 Å². The lowest BCUT2D eigenvalue weighted by atomic mass is 9.96. The second-order valence-electron chi connectivity index (χ2n) is 15.6. The molecule has 0 aliphatic carbocycles. The number of nitrogens with zero attached hydrogens (tertiary/aromatic N) is 5. The SMILES string of the molecule is c1ccc(-c2cccc(-c3ccc(-c4nc(-c5ccccc5)nc(-n5c6ccccc6c6cc(-c7ccccc7)c7c8ccccc8n(-c8ccccc8)c7c65)n4)cc3)c2)cc1. The maximum atomic E-state index is 5.40. The molecule has 0 amide bonds. The summed E-state index contributed by atoms with van der Waals surface area (Å²) < 4.78 is 4.68. The first kappa shape index (κ1) is 35.5. The molecule has 5 heteroatoms. The van der Waals surface area contributed by atoms with Crippen molar-refractivity contribution in [1.82, 2.24) is 24.1 Å². The van der Waals surface area contributed by atoms with E-state index in [9.17, 15) is 0 Å². The van der Waals surface area contributed by atoms with Crippen molar-refractivity contribution in [2.24, 2.45) is 0 Å². The lowest BCUT2D eigenvalue weighted by Crippen LogP contribution is -2.07. The minimum atomic E-state index is 0.554. The normalized spacial score (nSPS) is 11.5. The molecule has 0 aliphatic heterocycles. The molecule has 0 fully saturated rings. The molecule has 0 radical (unpaired) electrons. The Hall–Kier alpha value is -8.41. The van der Waals surface area contributed by atoms with Gasteiger partial charge in [-0.2, -0.15) is 9.97 Å². The van der Waals surface area contributed by atoms with Crippen LogP contribution in [0.2, 0.25) is 0 Å². The van der Waals surface area contributed by atoms with E-state index in [1.807, 2.05) is 18.2 Å². The fraction of sp³-hybridized carbons (Fsp3) is 0. The van der Waals surface area contributed by atoms with Crippen molar-refractivity contribution >= 4 is 43.6 Å². The molecular formula is C57H37N5. The van der Waals surface area contributed by atoms with Gasteiger partial charge in [-0.1, -0.05) is 188 Å². The number of benzene rings is 9. The Morgan fingerprint density at radius 3 is 1.40 bits per heavy atom. The summed E-state index contributed by atoms with van der Waals surface area (Å²) in [5.74, 6) is 1.76. The molecule has 0 saturated heterocycles. The van der Waals surface area contributed by atoms with Gasteiger partial charge >= 0.3 is 0 Å². The summed E-state index contributed by atoms with van der Waals surface area (Å²) in [6, 6.07) is 79.2. The average Bonchev–Trinajstić information content (AvgIpc) is 3.88. The Balaban J connectivity index is 1.14. The first-order valence-corrected chi connectivity index (χ1v) is 21.0. The van der Waals surface area contributed by atoms with E-state index in [0.29, 0.717) is 17.6 Å². The number of rotatable bonds is 7. The van der Waals surface area contributed by atoms with E-state index in [-0.39, 0.29) is 0 Å². The fourth-order valence-corrected chi connectivity index (χ4v) is 9.13. The summed E-state index contributed by atoms with van der Waals surface area (Å²) in [6.07, 6.45) is 0. The molecule has 0 saturated carbocycles. The zero-order chi connectivity index (χ0) is 41.0. The third-order valence-electron chi connectivity index (χ3n) is 12.0. The van der Waals surface area contributed by atoms with Crippen LogP contribution in [0.4, 0.5) is 0 Å². The van der Waals surface area contributed by atoms with Crippen molar-refractivity contribution in [3.05, 3.63) is 224 Å². The quantitative estimate of drug-likeness (QED) is 0.162. The molecular weight excluding hydrogens is 755 g/mol. The highest BCUT2D eigenvalue weighted by Crippen LogP contribution is 2.46. The number of hydrogen-bond donors (Lipinski definition) is 0. The Morgan fingerprint density at radius 1 is 0.290 bits per heavy atom. The summed E-state index contributed by atoms with van der Waals surface area (Å²) in [7, 11) is 0. The molecule has 0 unspecified atom stereocenters. The topological polar surface area (TPSA) is 48.5 Å². The van der Waals surface area contributed by atoms with Gasteiger partial charge in [-0.05, 0) is 69.8 Å². The minimum absolute atomic E-state index is 0.554. The molecule has 12 aromatic rings. The van der Waals surface area contributed by atoms with Crippen LogP contribution in [0.1, 0.15) is 0 Å². The molecule has 62 heavy (non-hydrogen) atoms. The lowest BCUT2D eigenvalue weighted by molar-refractivity contribution is 0.953. The zero-order valence-corrected chi connectivity index (χ0v) is 33.6. The zero-order valence-electron chi connectivity index (χ0n) is 33.6. The van der Waals surface area contributed by atoms with Gasteiger partial charge in [0.1, 0.15) is 0 Å². The summed E-state index contributed by atoms with van der Waals surface area (Å²) in [4.78, 5) is 15.9. The third kappa shape index (κ3) is 5.90. The molecule has 5 nitrogen and oxygen atoms in total. The van der Waals surface area contributed by atoms with E-state index in [0.717, 1.165) is 66.3 Å². The van der Waals surface area contributed by atoms with Crippen LogP contribution < -0.4 is 0 Å². The summed E-state index contributed by atoms with van der Waals surface area (Å²) in [6.45, 7) is 0. The van der Waals surface area contributed by atoms with Gasteiger partial charge in [0, 0.05) is 38.4 Å². The molecule has 0 N–H and O–H groups in total. The number of para-hydroxylation sites is 3. The van der Waals surface area contributed by atoms with Crippen LogP contribution in [0.5, 0.6) is 0 Å². The van der Waals surface area contributed by atoms with Crippen molar-refractivity contribution < 1.29 is 0 Å². The first-order chi connectivity index (χ1) is 30.8. The van der Waals surface area contributed by atoms with Gasteiger partial charge < -0.3 is 4.57 Å². The molecule has 0 spiro atoms. The molecule has 0 aliphatic rings. The lowest BCUT2D eigenvalue weighted by Gasteiger charge is -2.14. The molecule has 0 atom stereocenters. The van der Waals surface area contributed by atoms with Gasteiger partial charge in [0.25, 0.3) is 0 Å². The third-order valence-corrected chi connectivity index (χ3v) is 12.0. The second-order valence-corrected chi connectivity index (χ2v) is 15.6. The molecule has 3 heterocycles. The van der Waals surface area contributed by atoms with E-state index in [4.69, 9.17) is 15.0 Å². The average molecular weight is 792 g/mol. The Morgan fingerprint density at radius 2 is 0.758 bits per heavy atom. The van der Waals surface area contributed by atoms with Crippen LogP contribution in [0, 0.1) is 0 Å². The largest absolute Gasteiger partial charge is 0.307 e. The molecule has 0 bridgehead atoms. The van der Waals surface area contributed by atoms with Crippen molar-refractivity contribution in [1.29, 1.82) is 0 Å². The summed E-state index contributed by atoms with van der Waals surface area (Å²) in [5.41, 5.74) is 14.2. The summed E-state index contributed by atoms with van der Waals surface area (Å²) in [5, 5.41) is 4.60. The predicted molar refractivity (Wildman–Crippen MR) is 256 cm³/mol. The van der Waals surface area contributed by atoms with E-state index >= 15 is 0 Å². The second kappa shape index (κ2) is 14.7. The standard InChI is InChI=1S/C57H37N5/c1-5-18-38(19-6-1)43-24-17-25-44(36-43)39-32-34-42(35-33-39)56-58-55(41-22-9-3-10-23-41)59-57(60-56)62-50-30-15-13-28-46(50)49-37-48(40-20-7-2-8-21-40)52-47-29-14-16-31-51(47)61(54(52)53(49)62)45-26-11-4-12-27-45/h1-37H. The monoisotopic (exact) mass is 791 g/mol. The summed E-state index contributed by atoms with van der Waals surface area (Å²) >= 11 is 0. The van der Waals surface area contributed by atoms with Crippen molar-refractivity contribution in [3.8, 4) is 67.8 Å². The first-order valence-electron chi connectivity index (χ1n) is 21.0. The maximum Gasteiger partial charge on any atom is 0.238 e. The number of fused-ring (bicyclic) bond motifs is 7. The van der Waals surface area contributed by atoms with Gasteiger partial charge in [0.05, 0.1) is 22.1 Å². The Bertz CT molecular complexity index is 3590. The highest BCUT2D eigenvalue weighted by atomic mass is 15.2. The van der Waals surface area contributed by atoms with Gasteiger partial charge in [0.15, 0.2) is 11.6 Å². The van der Waals surface area contributed by atoms with Crippen LogP contribution in [0.15, 0.2) is 224 Å². The highest BCUT2D eigenvalue weighted by Gasteiger charge is 2.26. The predicted octanol–water partition coefficient (Wildman–Crippen LogP) is 14.4. The van der Waals surface area contributed by atoms with Crippen LogP contribution in [0.3, 0.4) is 0 Å². The van der Waals surface area contributed by atoms with Crippen LogP contribution in [-0.4, -0.2) is 24.1 Å². The number of aromatic nitrogens is 5. The Kier molecular flexibility index (Phi) is 8.42. The molecule has 3 aromatic heterocycles.